The summed E-state index contributed by atoms with van der Waals surface area (Å²) in [6.45, 7) is 3.33. The molecular weight excluding hydrogens is 328 g/mol. The van der Waals surface area contributed by atoms with Gasteiger partial charge in [-0.2, -0.15) is 0 Å². The van der Waals surface area contributed by atoms with Gasteiger partial charge in [-0.05, 0) is 37.0 Å². The number of ether oxygens (including phenoxy) is 1. The molecule has 1 atom stereocenters. The molecule has 0 saturated carbocycles. The van der Waals surface area contributed by atoms with Crippen molar-refractivity contribution in [2.24, 2.45) is 0 Å². The van der Waals surface area contributed by atoms with Gasteiger partial charge in [-0.15, -0.1) is 5.10 Å². The molecule has 9 heteroatoms. The van der Waals surface area contributed by atoms with Crippen molar-refractivity contribution in [3.8, 4) is 0 Å². The molecule has 1 amide bonds. The first-order valence-corrected chi connectivity index (χ1v) is 7.61. The normalized spacial score (nSPS) is 11.8. The van der Waals surface area contributed by atoms with Crippen molar-refractivity contribution in [3.05, 3.63) is 33.9 Å². The molecule has 116 valence electrons. The SMILES string of the molecule is CCc1nnsc1C(=O)O[C@@H](C)C(=O)Nc1ccc(Cl)cn1. The zero-order valence-corrected chi connectivity index (χ0v) is 13.4. The van der Waals surface area contributed by atoms with E-state index in [1.165, 1.54) is 13.1 Å². The number of carbonyl (C=O) groups is 2. The van der Waals surface area contributed by atoms with Gasteiger partial charge in [0.15, 0.2) is 11.0 Å². The highest BCUT2D eigenvalue weighted by atomic mass is 35.5. The number of nitrogens with zero attached hydrogens (tertiary/aromatic N) is 3. The van der Waals surface area contributed by atoms with Crippen molar-refractivity contribution in [2.45, 2.75) is 26.4 Å². The number of halogens is 1. The van der Waals surface area contributed by atoms with Crippen LogP contribution >= 0.6 is 23.1 Å². The third-order valence-corrected chi connectivity index (χ3v) is 3.68. The highest BCUT2D eigenvalue weighted by molar-refractivity contribution is 7.07. The van der Waals surface area contributed by atoms with Crippen LogP contribution in [0.2, 0.25) is 5.02 Å². The lowest BCUT2D eigenvalue weighted by Gasteiger charge is -2.12. The topological polar surface area (TPSA) is 94.1 Å². The van der Waals surface area contributed by atoms with Crippen LogP contribution < -0.4 is 5.32 Å². The Kier molecular flexibility index (Phi) is 5.40. The van der Waals surface area contributed by atoms with Gasteiger partial charge in [0.2, 0.25) is 0 Å². The lowest BCUT2D eigenvalue weighted by Crippen LogP contribution is -2.30. The van der Waals surface area contributed by atoms with Crippen LogP contribution in [0.5, 0.6) is 0 Å². The van der Waals surface area contributed by atoms with Crippen molar-refractivity contribution in [3.63, 3.8) is 0 Å². The first kappa shape index (κ1) is 16.3. The number of aryl methyl sites for hydroxylation is 1. The Hall–Kier alpha value is -2.06. The quantitative estimate of drug-likeness (QED) is 0.839. The summed E-state index contributed by atoms with van der Waals surface area (Å²) in [4.78, 5) is 28.2. The van der Waals surface area contributed by atoms with Crippen LogP contribution in [0.15, 0.2) is 18.3 Å². The molecular formula is C13H13ClN4O3S. The van der Waals surface area contributed by atoms with Crippen molar-refractivity contribution in [1.29, 1.82) is 0 Å². The smallest absolute Gasteiger partial charge is 0.352 e. The molecule has 0 aliphatic rings. The Balaban J connectivity index is 1.96. The number of hydrogen-bond donors (Lipinski definition) is 1. The minimum Gasteiger partial charge on any atom is -0.448 e. The third-order valence-electron chi connectivity index (χ3n) is 2.71. The van der Waals surface area contributed by atoms with Gasteiger partial charge in [0.1, 0.15) is 5.82 Å². The van der Waals surface area contributed by atoms with E-state index >= 15 is 0 Å². The fourth-order valence-electron chi connectivity index (χ4n) is 1.54. The van der Waals surface area contributed by atoms with Gasteiger partial charge >= 0.3 is 5.97 Å². The molecule has 2 aromatic rings. The van der Waals surface area contributed by atoms with Crippen LogP contribution in [0.3, 0.4) is 0 Å². The molecule has 0 unspecified atom stereocenters. The molecule has 7 nitrogen and oxygen atoms in total. The van der Waals surface area contributed by atoms with E-state index in [1.807, 2.05) is 6.92 Å². The molecule has 0 radical (unpaired) electrons. The second-order valence-electron chi connectivity index (χ2n) is 4.30. The van der Waals surface area contributed by atoms with E-state index in [4.69, 9.17) is 16.3 Å². The molecule has 22 heavy (non-hydrogen) atoms. The van der Waals surface area contributed by atoms with E-state index in [2.05, 4.69) is 19.9 Å². The molecule has 0 aromatic carbocycles. The number of hydrogen-bond acceptors (Lipinski definition) is 7. The Morgan fingerprint density at radius 2 is 2.23 bits per heavy atom. The van der Waals surface area contributed by atoms with Crippen LogP contribution in [0.1, 0.15) is 29.2 Å². The number of nitrogens with one attached hydrogen (secondary N) is 1. The maximum Gasteiger partial charge on any atom is 0.352 e. The van der Waals surface area contributed by atoms with Crippen LogP contribution in [0, 0.1) is 0 Å². The minimum absolute atomic E-state index is 0.312. The molecule has 0 aliphatic carbocycles. The molecule has 2 rings (SSSR count). The van der Waals surface area contributed by atoms with Crippen LogP contribution in [-0.4, -0.2) is 32.6 Å². The van der Waals surface area contributed by atoms with Crippen molar-refractivity contribution < 1.29 is 14.3 Å². The van der Waals surface area contributed by atoms with Gasteiger partial charge in [0, 0.05) is 6.20 Å². The second kappa shape index (κ2) is 7.28. The van der Waals surface area contributed by atoms with E-state index in [-0.39, 0.29) is 0 Å². The molecule has 0 aliphatic heterocycles. The average Bonchev–Trinajstić information content (AvgIpc) is 2.98. The first-order valence-electron chi connectivity index (χ1n) is 6.46. The fourth-order valence-corrected chi connectivity index (χ4v) is 2.29. The van der Waals surface area contributed by atoms with E-state index in [0.717, 1.165) is 11.5 Å². The minimum atomic E-state index is -0.975. The average molecular weight is 341 g/mol. The molecule has 0 saturated heterocycles. The molecule has 2 heterocycles. The number of carbonyl (C=O) groups excluding carboxylic acids is 2. The zero-order chi connectivity index (χ0) is 16.1. The zero-order valence-electron chi connectivity index (χ0n) is 11.9. The summed E-state index contributed by atoms with van der Waals surface area (Å²) in [5.41, 5.74) is 0.557. The maximum absolute atomic E-state index is 12.0. The Labute approximate surface area is 135 Å². The second-order valence-corrected chi connectivity index (χ2v) is 5.49. The number of pyridine rings is 1. The number of amides is 1. The molecule has 1 N–H and O–H groups in total. The fraction of sp³-hybridized carbons (Fsp3) is 0.308. The molecule has 0 fully saturated rings. The van der Waals surface area contributed by atoms with Crippen molar-refractivity contribution in [1.82, 2.24) is 14.6 Å². The van der Waals surface area contributed by atoms with Crippen molar-refractivity contribution in [2.75, 3.05) is 5.32 Å². The number of aromatic nitrogens is 3. The van der Waals surface area contributed by atoms with E-state index in [0.29, 0.717) is 27.8 Å². The Morgan fingerprint density at radius 1 is 1.45 bits per heavy atom. The molecule has 2 aromatic heterocycles. The highest BCUT2D eigenvalue weighted by Crippen LogP contribution is 2.14. The van der Waals surface area contributed by atoms with Gasteiger partial charge in [0.05, 0.1) is 10.7 Å². The summed E-state index contributed by atoms with van der Waals surface area (Å²) in [5, 5.41) is 6.82. The number of anilines is 1. The number of rotatable bonds is 5. The predicted molar refractivity (Wildman–Crippen MR) is 82.0 cm³/mol. The summed E-state index contributed by atoms with van der Waals surface area (Å²) >= 11 is 6.66. The van der Waals surface area contributed by atoms with Gasteiger partial charge in [-0.25, -0.2) is 9.78 Å². The van der Waals surface area contributed by atoms with E-state index in [1.54, 1.807) is 12.1 Å². The van der Waals surface area contributed by atoms with Crippen LogP contribution in [0.25, 0.3) is 0 Å². The van der Waals surface area contributed by atoms with E-state index in [9.17, 15) is 9.59 Å². The summed E-state index contributed by atoms with van der Waals surface area (Å²) in [7, 11) is 0. The Morgan fingerprint density at radius 3 is 2.86 bits per heavy atom. The monoisotopic (exact) mass is 340 g/mol. The van der Waals surface area contributed by atoms with E-state index < -0.39 is 18.0 Å². The van der Waals surface area contributed by atoms with Gasteiger partial charge in [-0.3, -0.25) is 4.79 Å². The van der Waals surface area contributed by atoms with Crippen LogP contribution in [0.4, 0.5) is 5.82 Å². The lowest BCUT2D eigenvalue weighted by atomic mass is 10.3. The maximum atomic E-state index is 12.0. The summed E-state index contributed by atoms with van der Waals surface area (Å²) in [6, 6.07) is 3.15. The highest BCUT2D eigenvalue weighted by Gasteiger charge is 2.23. The first-order chi connectivity index (χ1) is 10.5. The molecule has 0 spiro atoms. The summed E-state index contributed by atoms with van der Waals surface area (Å²) < 4.78 is 8.83. The molecule has 0 bridgehead atoms. The predicted octanol–water partition coefficient (Wildman–Crippen LogP) is 2.33. The van der Waals surface area contributed by atoms with Crippen LogP contribution in [-0.2, 0) is 16.0 Å². The van der Waals surface area contributed by atoms with Gasteiger partial charge in [0.25, 0.3) is 5.91 Å². The largest absolute Gasteiger partial charge is 0.448 e. The summed E-state index contributed by atoms with van der Waals surface area (Å²) in [6.07, 6.45) is 0.998. The third kappa shape index (κ3) is 3.99. The van der Waals surface area contributed by atoms with Gasteiger partial charge in [-0.1, -0.05) is 23.0 Å². The number of esters is 1. The standard InChI is InChI=1S/C13H13ClN4O3S/c1-3-9-11(22-18-17-9)13(20)21-7(2)12(19)16-10-5-4-8(14)6-15-10/h4-7H,3H2,1-2H3,(H,15,16,19)/t7-/m0/s1. The lowest BCUT2D eigenvalue weighted by molar-refractivity contribution is -0.123. The van der Waals surface area contributed by atoms with Gasteiger partial charge < -0.3 is 10.1 Å². The Bertz CT molecular complexity index is 674. The van der Waals surface area contributed by atoms with Crippen molar-refractivity contribution >= 4 is 40.8 Å². The summed E-state index contributed by atoms with van der Waals surface area (Å²) in [5.74, 6) is -0.775.